The number of nitrogens with zero attached hydrogens (tertiary/aromatic N) is 2. The molecule has 3 aromatic heterocycles. The number of aromatic nitrogens is 2. The second-order valence-corrected chi connectivity index (χ2v) is 12.6. The lowest BCUT2D eigenvalue weighted by atomic mass is 9.94. The summed E-state index contributed by atoms with van der Waals surface area (Å²) in [4.78, 5) is 8.62. The smallest absolute Gasteiger partial charge is 0.384 e. The van der Waals surface area contributed by atoms with Crippen molar-refractivity contribution in [2.24, 2.45) is 0 Å². The summed E-state index contributed by atoms with van der Waals surface area (Å²) in [6.45, 7) is 0.687. The van der Waals surface area contributed by atoms with Crippen molar-refractivity contribution in [3.05, 3.63) is 106 Å². The molecule has 0 spiro atoms. The van der Waals surface area contributed by atoms with Gasteiger partial charge in [0.2, 0.25) is 10.0 Å². The molecular formula is C28H22ClF3N4O3S2. The summed E-state index contributed by atoms with van der Waals surface area (Å²) < 4.78 is 70.7. The largest absolute Gasteiger partial charge is 0.421 e. The fourth-order valence-electron chi connectivity index (χ4n) is 4.23. The van der Waals surface area contributed by atoms with Gasteiger partial charge in [-0.3, -0.25) is 4.98 Å². The lowest BCUT2D eigenvalue weighted by Crippen LogP contribution is -2.39. The molecule has 5 aromatic rings. The van der Waals surface area contributed by atoms with Gasteiger partial charge >= 0.3 is 6.18 Å². The van der Waals surface area contributed by atoms with E-state index in [-0.39, 0.29) is 22.0 Å². The van der Waals surface area contributed by atoms with Crippen LogP contribution in [0.5, 0.6) is 0 Å². The summed E-state index contributed by atoms with van der Waals surface area (Å²) >= 11 is 7.74. The van der Waals surface area contributed by atoms with Crippen LogP contribution in [-0.4, -0.2) is 29.7 Å². The van der Waals surface area contributed by atoms with E-state index >= 15 is 0 Å². The van der Waals surface area contributed by atoms with E-state index in [2.05, 4.69) is 14.7 Å². The van der Waals surface area contributed by atoms with Gasteiger partial charge in [0, 0.05) is 32.6 Å². The third kappa shape index (κ3) is 5.66. The summed E-state index contributed by atoms with van der Waals surface area (Å²) in [5.74, 6) is 0.165. The molecule has 0 amide bonds. The van der Waals surface area contributed by atoms with Crippen molar-refractivity contribution < 1.29 is 26.7 Å². The maximum absolute atomic E-state index is 13.5. The van der Waals surface area contributed by atoms with E-state index in [1.807, 2.05) is 0 Å². The first-order chi connectivity index (χ1) is 19.3. The number of nitrogens with two attached hydrogens (primary N) is 1. The van der Waals surface area contributed by atoms with Crippen LogP contribution >= 0.6 is 22.9 Å². The highest BCUT2D eigenvalue weighted by Crippen LogP contribution is 2.42. The lowest BCUT2D eigenvalue weighted by molar-refractivity contribution is -0.258. The first-order valence-corrected chi connectivity index (χ1v) is 14.7. The summed E-state index contributed by atoms with van der Waals surface area (Å²) in [6, 6.07) is 17.9. The molecule has 0 bridgehead atoms. The summed E-state index contributed by atoms with van der Waals surface area (Å²) in [6.07, 6.45) is -2.54. The molecule has 0 aliphatic heterocycles. The number of nitrogen functional groups attached to an aromatic ring is 1. The van der Waals surface area contributed by atoms with Gasteiger partial charge in [0.05, 0.1) is 11.7 Å². The number of halogens is 4. The minimum absolute atomic E-state index is 0.0942. The fraction of sp³-hybridized carbons (Fsp3) is 0.143. The van der Waals surface area contributed by atoms with E-state index in [0.29, 0.717) is 38.0 Å². The number of rotatable bonds is 7. The molecule has 4 N–H and O–H groups in total. The van der Waals surface area contributed by atoms with Crippen molar-refractivity contribution in [3.8, 4) is 11.3 Å². The number of anilines is 1. The number of hydrogen-bond donors (Lipinski definition) is 3. The van der Waals surface area contributed by atoms with E-state index in [9.17, 15) is 26.7 Å². The van der Waals surface area contributed by atoms with Gasteiger partial charge in [-0.1, -0.05) is 48.0 Å². The Kier molecular flexibility index (Phi) is 7.55. The topological polar surface area (TPSA) is 118 Å². The number of thiophene rings is 1. The van der Waals surface area contributed by atoms with Gasteiger partial charge in [0.15, 0.2) is 5.60 Å². The maximum atomic E-state index is 13.5. The Balaban J connectivity index is 1.63. The molecule has 0 aliphatic carbocycles. The maximum Gasteiger partial charge on any atom is 0.421 e. The molecule has 0 radical (unpaired) electrons. The molecular weight excluding hydrogens is 597 g/mol. The van der Waals surface area contributed by atoms with Gasteiger partial charge in [-0.15, -0.1) is 11.3 Å². The Hall–Kier alpha value is -3.55. The van der Waals surface area contributed by atoms with Gasteiger partial charge < -0.3 is 10.8 Å². The molecule has 0 fully saturated rings. The van der Waals surface area contributed by atoms with Crippen molar-refractivity contribution in [1.29, 1.82) is 0 Å². The number of pyridine rings is 2. The zero-order chi connectivity index (χ0) is 29.6. The number of fused-ring (bicyclic) bond motifs is 1. The molecule has 2 unspecified atom stereocenters. The van der Waals surface area contributed by atoms with Crippen molar-refractivity contribution in [3.63, 3.8) is 0 Å². The lowest BCUT2D eigenvalue weighted by Gasteiger charge is -2.26. The summed E-state index contributed by atoms with van der Waals surface area (Å²) in [5.41, 5.74) is 3.41. The van der Waals surface area contributed by atoms with Crippen molar-refractivity contribution in [1.82, 2.24) is 14.7 Å². The SMILES string of the molecule is CC(O)(c1ccnc(-c2cccc3cc(C(NS(=O)(=O)c4ccc(N)nc4)c4ccccc4Cl)sc23)c1)C(F)(F)F. The van der Waals surface area contributed by atoms with Crippen LogP contribution < -0.4 is 10.5 Å². The number of alkyl halides is 3. The molecule has 13 heteroatoms. The van der Waals surface area contributed by atoms with E-state index in [1.165, 1.54) is 35.7 Å². The van der Waals surface area contributed by atoms with Gasteiger partial charge in [-0.25, -0.2) is 13.4 Å². The third-order valence-electron chi connectivity index (χ3n) is 6.56. The van der Waals surface area contributed by atoms with Crippen LogP contribution in [0.2, 0.25) is 5.02 Å². The Labute approximate surface area is 242 Å². The van der Waals surface area contributed by atoms with Crippen LogP contribution in [-0.2, 0) is 15.6 Å². The van der Waals surface area contributed by atoms with Crippen molar-refractivity contribution >= 4 is 48.9 Å². The number of hydrogen-bond acceptors (Lipinski definition) is 7. The van der Waals surface area contributed by atoms with E-state index in [0.717, 1.165) is 12.3 Å². The van der Waals surface area contributed by atoms with E-state index in [4.69, 9.17) is 17.3 Å². The minimum Gasteiger partial charge on any atom is -0.384 e. The third-order valence-corrected chi connectivity index (χ3v) is 9.56. The zero-order valence-electron chi connectivity index (χ0n) is 21.2. The molecule has 0 saturated heterocycles. The summed E-state index contributed by atoms with van der Waals surface area (Å²) in [5, 5.41) is 11.3. The molecule has 2 aromatic carbocycles. The number of sulfonamides is 1. The highest BCUT2D eigenvalue weighted by Gasteiger charge is 2.51. The van der Waals surface area contributed by atoms with Crippen LogP contribution in [0.25, 0.3) is 21.3 Å². The van der Waals surface area contributed by atoms with E-state index < -0.39 is 27.8 Å². The van der Waals surface area contributed by atoms with Crippen LogP contribution in [0.1, 0.15) is 29.0 Å². The zero-order valence-corrected chi connectivity index (χ0v) is 23.6. The predicted octanol–water partition coefficient (Wildman–Crippen LogP) is 6.43. The Morgan fingerprint density at radius 3 is 2.46 bits per heavy atom. The molecule has 5 rings (SSSR count). The molecule has 212 valence electrons. The van der Waals surface area contributed by atoms with Gasteiger partial charge in [-0.2, -0.15) is 17.9 Å². The average molecular weight is 619 g/mol. The van der Waals surface area contributed by atoms with Crippen LogP contribution in [0, 0.1) is 0 Å². The van der Waals surface area contributed by atoms with Crippen molar-refractivity contribution in [2.45, 2.75) is 29.6 Å². The first-order valence-electron chi connectivity index (χ1n) is 12.0. The molecule has 2 atom stereocenters. The monoisotopic (exact) mass is 618 g/mol. The quantitative estimate of drug-likeness (QED) is 0.193. The number of benzene rings is 2. The summed E-state index contributed by atoms with van der Waals surface area (Å²) in [7, 11) is -4.09. The molecule has 41 heavy (non-hydrogen) atoms. The minimum atomic E-state index is -4.90. The average Bonchev–Trinajstić information content (AvgIpc) is 3.36. The molecule has 7 nitrogen and oxygen atoms in total. The highest BCUT2D eigenvalue weighted by atomic mass is 35.5. The molecule has 3 heterocycles. The molecule has 0 saturated carbocycles. The number of nitrogens with one attached hydrogen (secondary N) is 1. The van der Waals surface area contributed by atoms with Crippen LogP contribution in [0.15, 0.2) is 90.1 Å². The van der Waals surface area contributed by atoms with Crippen LogP contribution in [0.3, 0.4) is 0 Å². The first kappa shape index (κ1) is 29.0. The standard InChI is InChI=1S/C28H22ClF3N4O3S2/c1-27(37,28(30,31)32)17-11-12-34-22(14-17)20-7-4-5-16-13-23(40-26(16)20)25(19-6-2-3-8-21(19)29)36-41(38,39)18-9-10-24(33)35-15-18/h2-15,25,36-37H,1H3,(H2,33,35). The predicted molar refractivity (Wildman–Crippen MR) is 153 cm³/mol. The molecule has 0 aliphatic rings. The van der Waals surface area contributed by atoms with Crippen LogP contribution in [0.4, 0.5) is 19.0 Å². The second kappa shape index (κ2) is 10.7. The van der Waals surface area contributed by atoms with Gasteiger partial charge in [0.1, 0.15) is 10.7 Å². The highest BCUT2D eigenvalue weighted by molar-refractivity contribution is 7.89. The Morgan fingerprint density at radius 1 is 1.02 bits per heavy atom. The Morgan fingerprint density at radius 2 is 1.78 bits per heavy atom. The Bertz CT molecular complexity index is 1840. The van der Waals surface area contributed by atoms with Gasteiger partial charge in [-0.05, 0) is 59.8 Å². The van der Waals surface area contributed by atoms with E-state index in [1.54, 1.807) is 48.5 Å². The second-order valence-electron chi connectivity index (χ2n) is 9.37. The number of aliphatic hydroxyl groups is 1. The fourth-order valence-corrected chi connectivity index (χ4v) is 6.94. The normalized spacial score (nSPS) is 14.6. The van der Waals surface area contributed by atoms with Crippen molar-refractivity contribution in [2.75, 3.05) is 5.73 Å². The van der Waals surface area contributed by atoms with Gasteiger partial charge in [0.25, 0.3) is 0 Å².